The molecule has 1 amide bonds. The van der Waals surface area contributed by atoms with E-state index in [-0.39, 0.29) is 11.7 Å². The van der Waals surface area contributed by atoms with E-state index >= 15 is 0 Å². The van der Waals surface area contributed by atoms with E-state index in [9.17, 15) is 9.18 Å². The fourth-order valence-corrected chi connectivity index (χ4v) is 3.29. The van der Waals surface area contributed by atoms with E-state index < -0.39 is 0 Å². The zero-order valence-electron chi connectivity index (χ0n) is 15.4. The Morgan fingerprint density at radius 3 is 2.93 bits per heavy atom. The first-order chi connectivity index (χ1) is 13.6. The van der Waals surface area contributed by atoms with E-state index in [0.717, 1.165) is 16.7 Å². The number of rotatable bonds is 8. The highest BCUT2D eigenvalue weighted by Gasteiger charge is 2.10. The Morgan fingerprint density at radius 2 is 2.14 bits per heavy atom. The maximum atomic E-state index is 13.1. The summed E-state index contributed by atoms with van der Waals surface area (Å²) in [6, 6.07) is 11.9. The minimum Gasteiger partial charge on any atom is -0.352 e. The molecule has 1 aromatic carbocycles. The van der Waals surface area contributed by atoms with Gasteiger partial charge in [-0.15, -0.1) is 10.2 Å². The highest BCUT2D eigenvalue weighted by molar-refractivity contribution is 7.98. The standard InChI is InChI=1S/C20H20FN5OS/c1-26-18(24-25-20(26)28-14-17-7-2-3-11-22-17)10-12-23-19(27)9-8-15-5-4-6-16(21)13-15/h2-9,11,13H,10,12,14H2,1H3,(H,23,27)/b9-8+. The van der Waals surface area contributed by atoms with Gasteiger partial charge in [-0.2, -0.15) is 0 Å². The molecule has 0 saturated carbocycles. The van der Waals surface area contributed by atoms with Crippen LogP contribution in [-0.4, -0.2) is 32.2 Å². The molecule has 0 bridgehead atoms. The molecule has 0 atom stereocenters. The van der Waals surface area contributed by atoms with Crippen molar-refractivity contribution < 1.29 is 9.18 Å². The second-order valence-corrected chi connectivity index (χ2v) is 6.94. The zero-order chi connectivity index (χ0) is 19.8. The first-order valence-electron chi connectivity index (χ1n) is 8.74. The van der Waals surface area contributed by atoms with E-state index in [1.807, 2.05) is 29.8 Å². The molecule has 8 heteroatoms. The summed E-state index contributed by atoms with van der Waals surface area (Å²) >= 11 is 1.57. The predicted octanol–water partition coefficient (Wildman–Crippen LogP) is 3.01. The molecule has 0 spiro atoms. The third-order valence-corrected chi connectivity index (χ3v) is 4.98. The maximum Gasteiger partial charge on any atom is 0.244 e. The first kappa shape index (κ1) is 19.8. The van der Waals surface area contributed by atoms with Gasteiger partial charge in [-0.05, 0) is 35.9 Å². The summed E-state index contributed by atoms with van der Waals surface area (Å²) in [6.45, 7) is 0.434. The van der Waals surface area contributed by atoms with Crippen molar-refractivity contribution in [1.82, 2.24) is 25.1 Å². The Hall–Kier alpha value is -3.00. The summed E-state index contributed by atoms with van der Waals surface area (Å²) in [5.41, 5.74) is 1.62. The van der Waals surface area contributed by atoms with Crippen molar-refractivity contribution in [2.75, 3.05) is 6.54 Å². The van der Waals surface area contributed by atoms with Crippen LogP contribution in [0.3, 0.4) is 0 Å². The number of nitrogens with one attached hydrogen (secondary N) is 1. The van der Waals surface area contributed by atoms with Crippen molar-refractivity contribution in [2.24, 2.45) is 7.05 Å². The van der Waals surface area contributed by atoms with Gasteiger partial charge in [0.1, 0.15) is 11.6 Å². The summed E-state index contributed by atoms with van der Waals surface area (Å²) in [5.74, 6) is 0.935. The highest BCUT2D eigenvalue weighted by Crippen LogP contribution is 2.19. The molecular weight excluding hydrogens is 377 g/mol. The Kier molecular flexibility index (Phi) is 6.91. The van der Waals surface area contributed by atoms with E-state index in [0.29, 0.717) is 24.3 Å². The van der Waals surface area contributed by atoms with Gasteiger partial charge in [0.2, 0.25) is 5.91 Å². The van der Waals surface area contributed by atoms with Crippen molar-refractivity contribution in [2.45, 2.75) is 17.3 Å². The Bertz CT molecular complexity index is 958. The van der Waals surface area contributed by atoms with Crippen LogP contribution in [-0.2, 0) is 24.0 Å². The molecule has 2 heterocycles. The molecule has 6 nitrogen and oxygen atoms in total. The van der Waals surface area contributed by atoms with Crippen LogP contribution in [0, 0.1) is 5.82 Å². The van der Waals surface area contributed by atoms with Crippen molar-refractivity contribution in [1.29, 1.82) is 0 Å². The van der Waals surface area contributed by atoms with Gasteiger partial charge in [-0.1, -0.05) is 30.0 Å². The van der Waals surface area contributed by atoms with Crippen LogP contribution in [0.1, 0.15) is 17.1 Å². The van der Waals surface area contributed by atoms with Crippen LogP contribution in [0.25, 0.3) is 6.08 Å². The lowest BCUT2D eigenvalue weighted by Gasteiger charge is -2.04. The third-order valence-electron chi connectivity index (χ3n) is 3.92. The molecule has 0 fully saturated rings. The molecule has 0 aliphatic carbocycles. The zero-order valence-corrected chi connectivity index (χ0v) is 16.2. The largest absolute Gasteiger partial charge is 0.352 e. The van der Waals surface area contributed by atoms with Gasteiger partial charge in [-0.25, -0.2) is 4.39 Å². The van der Waals surface area contributed by atoms with Gasteiger partial charge < -0.3 is 9.88 Å². The van der Waals surface area contributed by atoms with Crippen LogP contribution in [0.5, 0.6) is 0 Å². The van der Waals surface area contributed by atoms with Crippen molar-refractivity contribution >= 4 is 23.7 Å². The molecule has 3 aromatic rings. The van der Waals surface area contributed by atoms with Crippen molar-refractivity contribution in [3.8, 4) is 0 Å². The van der Waals surface area contributed by atoms with E-state index in [1.165, 1.54) is 18.2 Å². The van der Waals surface area contributed by atoms with Crippen LogP contribution < -0.4 is 5.32 Å². The summed E-state index contributed by atoms with van der Waals surface area (Å²) in [7, 11) is 1.90. The average molecular weight is 397 g/mol. The quantitative estimate of drug-likeness (QED) is 0.467. The second-order valence-electron chi connectivity index (χ2n) is 6.00. The van der Waals surface area contributed by atoms with Crippen LogP contribution in [0.4, 0.5) is 4.39 Å². The molecule has 144 valence electrons. The van der Waals surface area contributed by atoms with Crippen molar-refractivity contribution in [3.05, 3.63) is 77.6 Å². The van der Waals surface area contributed by atoms with Crippen LogP contribution in [0.2, 0.25) is 0 Å². The summed E-state index contributed by atoms with van der Waals surface area (Å²) in [4.78, 5) is 16.2. The molecule has 0 unspecified atom stereocenters. The molecule has 0 aliphatic heterocycles. The van der Waals surface area contributed by atoms with Gasteiger partial charge in [0.25, 0.3) is 0 Å². The Morgan fingerprint density at radius 1 is 1.25 bits per heavy atom. The Balaban J connectivity index is 1.46. The lowest BCUT2D eigenvalue weighted by molar-refractivity contribution is -0.116. The molecule has 0 aliphatic rings. The lowest BCUT2D eigenvalue weighted by atomic mass is 10.2. The minimum absolute atomic E-state index is 0.240. The number of carbonyl (C=O) groups excluding carboxylic acids is 1. The minimum atomic E-state index is -0.332. The normalized spacial score (nSPS) is 11.1. The lowest BCUT2D eigenvalue weighted by Crippen LogP contribution is -2.24. The Labute approximate surface area is 166 Å². The molecular formula is C20H20FN5OS. The van der Waals surface area contributed by atoms with Crippen molar-refractivity contribution in [3.63, 3.8) is 0 Å². The smallest absolute Gasteiger partial charge is 0.244 e. The van der Waals surface area contributed by atoms with Crippen LogP contribution >= 0.6 is 11.8 Å². The summed E-state index contributed by atoms with van der Waals surface area (Å²) in [6.07, 6.45) is 5.29. The third kappa shape index (κ3) is 5.75. The van der Waals surface area contributed by atoms with E-state index in [1.54, 1.807) is 36.2 Å². The topological polar surface area (TPSA) is 72.7 Å². The summed E-state index contributed by atoms with van der Waals surface area (Å²) < 4.78 is 15.0. The number of carbonyl (C=O) groups is 1. The molecule has 0 radical (unpaired) electrons. The number of aromatic nitrogens is 4. The molecule has 28 heavy (non-hydrogen) atoms. The van der Waals surface area contributed by atoms with Gasteiger partial charge in [0.15, 0.2) is 5.16 Å². The van der Waals surface area contributed by atoms with Gasteiger partial charge in [0.05, 0.1) is 5.69 Å². The molecule has 3 rings (SSSR count). The van der Waals surface area contributed by atoms with E-state index in [4.69, 9.17) is 0 Å². The monoisotopic (exact) mass is 397 g/mol. The first-order valence-corrected chi connectivity index (χ1v) is 9.73. The average Bonchev–Trinajstić information content (AvgIpc) is 3.05. The predicted molar refractivity (Wildman–Crippen MR) is 107 cm³/mol. The SMILES string of the molecule is Cn1c(CCNC(=O)/C=C/c2cccc(F)c2)nnc1SCc1ccccn1. The number of hydrogen-bond acceptors (Lipinski definition) is 5. The summed E-state index contributed by atoms with van der Waals surface area (Å²) in [5, 5.41) is 12.0. The highest BCUT2D eigenvalue weighted by atomic mass is 32.2. The van der Waals surface area contributed by atoms with Gasteiger partial charge in [-0.3, -0.25) is 9.78 Å². The number of amides is 1. The number of pyridine rings is 1. The second kappa shape index (κ2) is 9.80. The van der Waals surface area contributed by atoms with Gasteiger partial charge in [0, 0.05) is 38.0 Å². The maximum absolute atomic E-state index is 13.1. The molecule has 2 aromatic heterocycles. The van der Waals surface area contributed by atoms with E-state index in [2.05, 4.69) is 20.5 Å². The van der Waals surface area contributed by atoms with Crippen LogP contribution in [0.15, 0.2) is 59.9 Å². The molecule has 1 N–H and O–H groups in total. The fourth-order valence-electron chi connectivity index (χ4n) is 2.45. The number of benzene rings is 1. The number of hydrogen-bond donors (Lipinski definition) is 1. The number of thioether (sulfide) groups is 1. The van der Waals surface area contributed by atoms with Gasteiger partial charge >= 0.3 is 0 Å². The number of halogens is 1. The number of nitrogens with zero attached hydrogens (tertiary/aromatic N) is 4. The fraction of sp³-hybridized carbons (Fsp3) is 0.200. The molecule has 0 saturated heterocycles.